The fourth-order valence-electron chi connectivity index (χ4n) is 1.69. The highest BCUT2D eigenvalue weighted by Crippen LogP contribution is 2.01. The maximum absolute atomic E-state index is 11.7. The smallest absolute Gasteiger partial charge is 0.415 e. The van der Waals surface area contributed by atoms with Crippen LogP contribution in [0.3, 0.4) is 0 Å². The fraction of sp³-hybridized carbons (Fsp3) is 0.385. The minimum Gasteiger partial charge on any atom is -0.444 e. The molecule has 19 heavy (non-hydrogen) atoms. The number of hydrogen-bond acceptors (Lipinski definition) is 4. The van der Waals surface area contributed by atoms with Gasteiger partial charge in [0.2, 0.25) is 0 Å². The second-order valence-electron chi connectivity index (χ2n) is 4.09. The number of morpholine rings is 1. The Morgan fingerprint density at radius 1 is 1.21 bits per heavy atom. The lowest BCUT2D eigenvalue weighted by atomic mass is 10.2. The number of nitrogens with one attached hydrogen (secondary N) is 1. The molecule has 0 aromatic heterocycles. The number of carbonyl (C=O) groups is 2. The molecule has 6 nitrogen and oxygen atoms in total. The van der Waals surface area contributed by atoms with Crippen molar-refractivity contribution in [2.24, 2.45) is 0 Å². The first-order valence-corrected chi connectivity index (χ1v) is 6.10. The van der Waals surface area contributed by atoms with E-state index >= 15 is 0 Å². The molecule has 2 rings (SSSR count). The number of rotatable bonds is 2. The molecule has 0 aliphatic carbocycles. The summed E-state index contributed by atoms with van der Waals surface area (Å²) in [5.41, 5.74) is 0.872. The minimum absolute atomic E-state index is 0.142. The SMILES string of the molecule is O=C(NC(=O)N1CCOCC1)OCc1ccccc1. The maximum Gasteiger partial charge on any atom is 0.415 e. The Hall–Kier alpha value is -2.08. The summed E-state index contributed by atoms with van der Waals surface area (Å²) in [5, 5.41) is 2.19. The molecule has 3 amide bonds. The van der Waals surface area contributed by atoms with Gasteiger partial charge in [0.1, 0.15) is 6.61 Å². The third-order valence-corrected chi connectivity index (χ3v) is 2.72. The lowest BCUT2D eigenvalue weighted by Gasteiger charge is -2.26. The summed E-state index contributed by atoms with van der Waals surface area (Å²) in [6, 6.07) is 8.84. The van der Waals surface area contributed by atoms with E-state index in [1.165, 1.54) is 4.90 Å². The van der Waals surface area contributed by atoms with Gasteiger partial charge in [-0.15, -0.1) is 0 Å². The van der Waals surface area contributed by atoms with Crippen LogP contribution in [0.15, 0.2) is 30.3 Å². The van der Waals surface area contributed by atoms with E-state index in [-0.39, 0.29) is 6.61 Å². The summed E-state index contributed by atoms with van der Waals surface area (Å²) < 4.78 is 10.1. The van der Waals surface area contributed by atoms with Crippen molar-refractivity contribution in [3.63, 3.8) is 0 Å². The number of amides is 3. The van der Waals surface area contributed by atoms with Gasteiger partial charge in [0.05, 0.1) is 13.2 Å². The Balaban J connectivity index is 1.73. The zero-order valence-electron chi connectivity index (χ0n) is 10.5. The number of nitrogens with zero attached hydrogens (tertiary/aromatic N) is 1. The van der Waals surface area contributed by atoms with E-state index in [9.17, 15) is 9.59 Å². The van der Waals surface area contributed by atoms with Crippen LogP contribution >= 0.6 is 0 Å². The Bertz CT molecular complexity index is 430. The van der Waals surface area contributed by atoms with Crippen molar-refractivity contribution in [1.29, 1.82) is 0 Å². The van der Waals surface area contributed by atoms with Gasteiger partial charge in [0, 0.05) is 13.1 Å². The van der Waals surface area contributed by atoms with E-state index in [2.05, 4.69) is 5.32 Å². The van der Waals surface area contributed by atoms with Crippen LogP contribution in [0.1, 0.15) is 5.56 Å². The molecule has 1 saturated heterocycles. The number of urea groups is 1. The molecular formula is C13H16N2O4. The predicted octanol–water partition coefficient (Wildman–Crippen LogP) is 1.36. The van der Waals surface area contributed by atoms with Gasteiger partial charge in [-0.1, -0.05) is 30.3 Å². The molecule has 1 aromatic carbocycles. The molecule has 1 aliphatic heterocycles. The molecule has 0 bridgehead atoms. The number of hydrogen-bond donors (Lipinski definition) is 1. The normalized spacial score (nSPS) is 14.8. The van der Waals surface area contributed by atoms with Crippen LogP contribution in [-0.4, -0.2) is 43.3 Å². The van der Waals surface area contributed by atoms with Gasteiger partial charge in [-0.25, -0.2) is 14.9 Å². The van der Waals surface area contributed by atoms with Crippen LogP contribution in [0.2, 0.25) is 0 Å². The minimum atomic E-state index is -0.736. The van der Waals surface area contributed by atoms with Crippen molar-refractivity contribution in [3.8, 4) is 0 Å². The second-order valence-corrected chi connectivity index (χ2v) is 4.09. The van der Waals surface area contributed by atoms with Gasteiger partial charge in [-0.05, 0) is 5.56 Å². The molecular weight excluding hydrogens is 248 g/mol. The van der Waals surface area contributed by atoms with Crippen LogP contribution in [0.25, 0.3) is 0 Å². The molecule has 6 heteroatoms. The quantitative estimate of drug-likeness (QED) is 0.876. The lowest BCUT2D eigenvalue weighted by Crippen LogP contribution is -2.48. The first-order valence-electron chi connectivity index (χ1n) is 6.10. The highest BCUT2D eigenvalue weighted by Gasteiger charge is 2.19. The van der Waals surface area contributed by atoms with Gasteiger partial charge in [-0.3, -0.25) is 0 Å². The first-order chi connectivity index (χ1) is 9.25. The van der Waals surface area contributed by atoms with E-state index in [4.69, 9.17) is 9.47 Å². The van der Waals surface area contributed by atoms with Crippen LogP contribution in [0, 0.1) is 0 Å². The topological polar surface area (TPSA) is 67.9 Å². The molecule has 0 radical (unpaired) electrons. The standard InChI is InChI=1S/C13H16N2O4/c16-12(15-6-8-18-9-7-15)14-13(17)19-10-11-4-2-1-3-5-11/h1-5H,6-10H2,(H,14,16,17). The Labute approximate surface area is 111 Å². The van der Waals surface area contributed by atoms with Crippen molar-refractivity contribution in [3.05, 3.63) is 35.9 Å². The van der Waals surface area contributed by atoms with Gasteiger partial charge < -0.3 is 14.4 Å². The van der Waals surface area contributed by atoms with E-state index in [0.29, 0.717) is 26.3 Å². The van der Waals surface area contributed by atoms with Gasteiger partial charge in [0.15, 0.2) is 0 Å². The molecule has 0 atom stereocenters. The van der Waals surface area contributed by atoms with Gasteiger partial charge in [0.25, 0.3) is 0 Å². The number of alkyl carbamates (subject to hydrolysis) is 1. The molecule has 0 unspecified atom stereocenters. The Kier molecular flexibility index (Phi) is 4.74. The number of benzene rings is 1. The molecule has 1 heterocycles. The van der Waals surface area contributed by atoms with E-state index in [1.54, 1.807) is 0 Å². The highest BCUT2D eigenvalue weighted by atomic mass is 16.5. The summed E-state index contributed by atoms with van der Waals surface area (Å²) in [6.07, 6.45) is -0.736. The van der Waals surface area contributed by atoms with Crippen molar-refractivity contribution in [1.82, 2.24) is 10.2 Å². The number of carbonyl (C=O) groups excluding carboxylic acids is 2. The zero-order valence-corrected chi connectivity index (χ0v) is 10.5. The molecule has 1 aliphatic rings. The summed E-state index contributed by atoms with van der Waals surface area (Å²) in [7, 11) is 0. The third kappa shape index (κ3) is 4.26. The molecule has 1 N–H and O–H groups in total. The van der Waals surface area contributed by atoms with Gasteiger partial charge >= 0.3 is 12.1 Å². The molecule has 1 fully saturated rings. The molecule has 0 saturated carbocycles. The zero-order chi connectivity index (χ0) is 13.5. The van der Waals surface area contributed by atoms with E-state index < -0.39 is 12.1 Å². The second kappa shape index (κ2) is 6.75. The van der Waals surface area contributed by atoms with Crippen LogP contribution in [-0.2, 0) is 16.1 Å². The average Bonchev–Trinajstić information content (AvgIpc) is 2.47. The van der Waals surface area contributed by atoms with E-state index in [1.807, 2.05) is 30.3 Å². The maximum atomic E-state index is 11.7. The van der Waals surface area contributed by atoms with Crippen molar-refractivity contribution >= 4 is 12.1 Å². The predicted molar refractivity (Wildman–Crippen MR) is 67.6 cm³/mol. The fourth-order valence-corrected chi connectivity index (χ4v) is 1.69. The van der Waals surface area contributed by atoms with Gasteiger partial charge in [-0.2, -0.15) is 0 Å². The van der Waals surface area contributed by atoms with Crippen LogP contribution in [0.5, 0.6) is 0 Å². The monoisotopic (exact) mass is 264 g/mol. The summed E-state index contributed by atoms with van der Waals surface area (Å²) in [5.74, 6) is 0. The Morgan fingerprint density at radius 2 is 1.89 bits per heavy atom. The van der Waals surface area contributed by atoms with Crippen molar-refractivity contribution < 1.29 is 19.1 Å². The van der Waals surface area contributed by atoms with Crippen LogP contribution < -0.4 is 5.32 Å². The van der Waals surface area contributed by atoms with Crippen molar-refractivity contribution in [2.75, 3.05) is 26.3 Å². The van der Waals surface area contributed by atoms with Crippen LogP contribution in [0.4, 0.5) is 9.59 Å². The summed E-state index contributed by atoms with van der Waals surface area (Å²) in [4.78, 5) is 24.7. The Morgan fingerprint density at radius 3 is 2.58 bits per heavy atom. The summed E-state index contributed by atoms with van der Waals surface area (Å²) in [6.45, 7) is 2.09. The summed E-state index contributed by atoms with van der Waals surface area (Å²) >= 11 is 0. The first kappa shape index (κ1) is 13.4. The van der Waals surface area contributed by atoms with Crippen molar-refractivity contribution in [2.45, 2.75) is 6.61 Å². The third-order valence-electron chi connectivity index (χ3n) is 2.72. The number of ether oxygens (including phenoxy) is 2. The molecule has 102 valence electrons. The lowest BCUT2D eigenvalue weighted by molar-refractivity contribution is 0.0524. The van der Waals surface area contributed by atoms with E-state index in [0.717, 1.165) is 5.56 Å². The largest absolute Gasteiger partial charge is 0.444 e. The highest BCUT2D eigenvalue weighted by molar-refractivity contribution is 5.90. The molecule has 0 spiro atoms. The average molecular weight is 264 g/mol. The number of imide groups is 1. The molecule has 1 aromatic rings.